The molecule has 0 unspecified atom stereocenters. The van der Waals surface area contributed by atoms with Crippen molar-refractivity contribution in [2.24, 2.45) is 5.41 Å². The number of benzene rings is 1. The lowest BCUT2D eigenvalue weighted by Gasteiger charge is -2.37. The Kier molecular flexibility index (Phi) is 5.21. The molecule has 23 heavy (non-hydrogen) atoms. The van der Waals surface area contributed by atoms with Crippen molar-refractivity contribution in [3.63, 3.8) is 0 Å². The molecule has 0 aliphatic carbocycles. The zero-order chi connectivity index (χ0) is 17.4. The lowest BCUT2D eigenvalue weighted by molar-refractivity contribution is 0.00835. The third-order valence-corrected chi connectivity index (χ3v) is 6.53. The third-order valence-electron chi connectivity index (χ3n) is 4.54. The Morgan fingerprint density at radius 3 is 2.26 bits per heavy atom. The van der Waals surface area contributed by atoms with E-state index in [1.165, 1.54) is 4.31 Å². The van der Waals surface area contributed by atoms with E-state index in [2.05, 4.69) is 0 Å². The topological polar surface area (TPSA) is 77.8 Å². The summed E-state index contributed by atoms with van der Waals surface area (Å²) in [6, 6.07) is 5.68. The Morgan fingerprint density at radius 1 is 1.22 bits per heavy atom. The van der Waals surface area contributed by atoms with Gasteiger partial charge in [-0.15, -0.1) is 0 Å². The van der Waals surface area contributed by atoms with Crippen LogP contribution in [0.2, 0.25) is 0 Å². The first-order valence-electron chi connectivity index (χ1n) is 7.98. The number of aliphatic hydroxyl groups is 2. The molecule has 130 valence electrons. The molecule has 6 heteroatoms. The van der Waals surface area contributed by atoms with Gasteiger partial charge in [0.25, 0.3) is 0 Å². The van der Waals surface area contributed by atoms with Gasteiger partial charge < -0.3 is 10.2 Å². The molecule has 1 aromatic carbocycles. The molecule has 1 fully saturated rings. The smallest absolute Gasteiger partial charge is 0.243 e. The number of rotatable bonds is 4. The fourth-order valence-corrected chi connectivity index (χ4v) is 5.01. The van der Waals surface area contributed by atoms with Gasteiger partial charge in [-0.1, -0.05) is 38.5 Å². The highest BCUT2D eigenvalue weighted by Gasteiger charge is 2.47. The van der Waals surface area contributed by atoms with Gasteiger partial charge >= 0.3 is 0 Å². The van der Waals surface area contributed by atoms with Gasteiger partial charge in [0, 0.05) is 6.04 Å². The quantitative estimate of drug-likeness (QED) is 0.877. The molecule has 5 nitrogen and oxygen atoms in total. The summed E-state index contributed by atoms with van der Waals surface area (Å²) in [4.78, 5) is 0.203. The van der Waals surface area contributed by atoms with Crippen LogP contribution < -0.4 is 0 Å². The Balaban J connectivity index is 2.44. The molecule has 1 heterocycles. The predicted molar refractivity (Wildman–Crippen MR) is 89.6 cm³/mol. The summed E-state index contributed by atoms with van der Waals surface area (Å²) in [5.74, 6) is 0. The number of sulfonamides is 1. The molecular formula is C17H27NO4S. The molecule has 1 aliphatic heterocycles. The molecule has 0 radical (unpaired) electrons. The lowest BCUT2D eigenvalue weighted by atomic mass is 9.84. The summed E-state index contributed by atoms with van der Waals surface area (Å²) in [7, 11) is -3.76. The van der Waals surface area contributed by atoms with Crippen LogP contribution in [-0.2, 0) is 10.0 Å². The van der Waals surface area contributed by atoms with Crippen LogP contribution in [0.1, 0.15) is 39.2 Å². The van der Waals surface area contributed by atoms with E-state index in [-0.39, 0.29) is 11.5 Å². The van der Waals surface area contributed by atoms with E-state index in [9.17, 15) is 18.6 Å². The van der Waals surface area contributed by atoms with Crippen molar-refractivity contribution in [1.29, 1.82) is 0 Å². The van der Waals surface area contributed by atoms with Crippen LogP contribution in [0.3, 0.4) is 0 Å². The maximum atomic E-state index is 13.1. The van der Waals surface area contributed by atoms with Crippen molar-refractivity contribution in [2.75, 3.05) is 6.61 Å². The number of aliphatic hydroxyl groups excluding tert-OH is 2. The van der Waals surface area contributed by atoms with Gasteiger partial charge in [-0.2, -0.15) is 4.31 Å². The third kappa shape index (κ3) is 3.60. The first-order valence-corrected chi connectivity index (χ1v) is 9.42. The molecule has 3 atom stereocenters. The van der Waals surface area contributed by atoms with Crippen molar-refractivity contribution >= 4 is 10.0 Å². The van der Waals surface area contributed by atoms with Crippen LogP contribution in [0.5, 0.6) is 0 Å². The van der Waals surface area contributed by atoms with Gasteiger partial charge in [0.15, 0.2) is 0 Å². The van der Waals surface area contributed by atoms with E-state index >= 15 is 0 Å². The van der Waals surface area contributed by atoms with Crippen LogP contribution in [0.15, 0.2) is 29.2 Å². The van der Waals surface area contributed by atoms with Gasteiger partial charge in [-0.05, 0) is 37.3 Å². The van der Waals surface area contributed by atoms with E-state index in [1.807, 2.05) is 27.7 Å². The van der Waals surface area contributed by atoms with Crippen LogP contribution in [0.25, 0.3) is 0 Å². The average Bonchev–Trinajstić information content (AvgIpc) is 2.90. The van der Waals surface area contributed by atoms with Crippen LogP contribution >= 0.6 is 0 Å². The maximum absolute atomic E-state index is 13.1. The fourth-order valence-electron chi connectivity index (χ4n) is 3.14. The SMILES string of the molecule is Cc1ccc(S(=O)(=O)N2[C@H](CO)CC[C@@H]2[C@H](O)C(C)(C)C)cc1. The monoisotopic (exact) mass is 341 g/mol. The van der Waals surface area contributed by atoms with E-state index in [0.717, 1.165) is 5.56 Å². The van der Waals surface area contributed by atoms with Gasteiger partial charge in [-0.25, -0.2) is 8.42 Å². The van der Waals surface area contributed by atoms with Crippen LogP contribution in [0.4, 0.5) is 0 Å². The van der Waals surface area contributed by atoms with Crippen LogP contribution in [-0.4, -0.2) is 47.7 Å². The Morgan fingerprint density at radius 2 is 1.78 bits per heavy atom. The van der Waals surface area contributed by atoms with Crippen LogP contribution in [0, 0.1) is 12.3 Å². The molecule has 0 saturated carbocycles. The molecule has 0 aromatic heterocycles. The second kappa shape index (κ2) is 6.51. The van der Waals surface area contributed by atoms with E-state index in [1.54, 1.807) is 24.3 Å². The minimum atomic E-state index is -3.76. The second-order valence-electron chi connectivity index (χ2n) is 7.44. The molecule has 0 bridgehead atoms. The molecule has 0 amide bonds. The molecule has 0 spiro atoms. The zero-order valence-corrected chi connectivity index (χ0v) is 15.0. The summed E-state index contributed by atoms with van der Waals surface area (Å²) in [5.41, 5.74) is 0.547. The van der Waals surface area contributed by atoms with E-state index in [4.69, 9.17) is 0 Å². The maximum Gasteiger partial charge on any atom is 0.243 e. The number of aryl methyl sites for hydroxylation is 1. The first-order chi connectivity index (χ1) is 10.6. The Labute approximate surface area is 139 Å². The molecule has 1 saturated heterocycles. The summed E-state index contributed by atoms with van der Waals surface area (Å²) < 4.78 is 27.4. The van der Waals surface area contributed by atoms with Crippen molar-refractivity contribution in [3.05, 3.63) is 29.8 Å². The highest BCUT2D eigenvalue weighted by Crippen LogP contribution is 2.37. The van der Waals surface area contributed by atoms with Crippen molar-refractivity contribution in [2.45, 2.75) is 63.6 Å². The minimum absolute atomic E-state index is 0.203. The highest BCUT2D eigenvalue weighted by molar-refractivity contribution is 7.89. The lowest BCUT2D eigenvalue weighted by Crippen LogP contribution is -2.51. The van der Waals surface area contributed by atoms with E-state index < -0.39 is 33.6 Å². The average molecular weight is 341 g/mol. The Hall–Kier alpha value is -0.950. The van der Waals surface area contributed by atoms with Gasteiger partial charge in [-0.3, -0.25) is 0 Å². The highest BCUT2D eigenvalue weighted by atomic mass is 32.2. The molecule has 1 aromatic rings. The van der Waals surface area contributed by atoms with Crippen molar-refractivity contribution < 1.29 is 18.6 Å². The number of hydrogen-bond acceptors (Lipinski definition) is 4. The summed E-state index contributed by atoms with van der Waals surface area (Å²) in [6.45, 7) is 7.33. The molecule has 1 aliphatic rings. The Bertz CT molecular complexity index is 634. The summed E-state index contributed by atoms with van der Waals surface area (Å²) in [6.07, 6.45) is 0.313. The number of nitrogens with zero attached hydrogens (tertiary/aromatic N) is 1. The summed E-state index contributed by atoms with van der Waals surface area (Å²) in [5, 5.41) is 20.2. The van der Waals surface area contributed by atoms with Crippen molar-refractivity contribution in [3.8, 4) is 0 Å². The minimum Gasteiger partial charge on any atom is -0.395 e. The van der Waals surface area contributed by atoms with Gasteiger partial charge in [0.2, 0.25) is 10.0 Å². The van der Waals surface area contributed by atoms with E-state index in [0.29, 0.717) is 12.8 Å². The van der Waals surface area contributed by atoms with Crippen molar-refractivity contribution in [1.82, 2.24) is 4.31 Å². The largest absolute Gasteiger partial charge is 0.395 e. The van der Waals surface area contributed by atoms with Gasteiger partial charge in [0.05, 0.1) is 23.6 Å². The summed E-state index contributed by atoms with van der Waals surface area (Å²) >= 11 is 0. The molecule has 2 rings (SSSR count). The standard InChI is InChI=1S/C17H27NO4S/c1-12-5-8-14(9-6-12)23(21,22)18-13(11-19)7-10-15(18)16(20)17(2,3)4/h5-6,8-9,13,15-16,19-20H,7,10-11H2,1-4H3/t13-,15+,16-/m0/s1. The molecular weight excluding hydrogens is 314 g/mol. The van der Waals surface area contributed by atoms with Gasteiger partial charge in [0.1, 0.15) is 0 Å². The molecule has 2 N–H and O–H groups in total. The predicted octanol–water partition coefficient (Wildman–Crippen LogP) is 1.92. The number of hydrogen-bond donors (Lipinski definition) is 2. The second-order valence-corrected chi connectivity index (χ2v) is 9.28. The normalized spacial score (nSPS) is 24.8. The zero-order valence-electron chi connectivity index (χ0n) is 14.2. The first kappa shape index (κ1) is 18.4. The fraction of sp³-hybridized carbons (Fsp3) is 0.647.